The van der Waals surface area contributed by atoms with E-state index in [1.54, 1.807) is 38.2 Å². The zero-order chi connectivity index (χ0) is 35.1. The number of carbonyl (C=O) groups excluding carboxylic acids is 3. The summed E-state index contributed by atoms with van der Waals surface area (Å²) < 4.78 is 11.8. The number of nitro benzene ring substituents is 1. The quantitative estimate of drug-likeness (QED) is 0.170. The smallest absolute Gasteiger partial charge is 0.414 e. The number of rotatable bonds is 11. The van der Waals surface area contributed by atoms with Gasteiger partial charge < -0.3 is 29.2 Å². The van der Waals surface area contributed by atoms with Crippen LogP contribution in [0.2, 0.25) is 18.6 Å². The lowest BCUT2D eigenvalue weighted by atomic mass is 9.82. The maximum atomic E-state index is 14.8. The number of carbonyl (C=O) groups is 3. The van der Waals surface area contributed by atoms with E-state index >= 15 is 0 Å². The summed E-state index contributed by atoms with van der Waals surface area (Å²) in [5.41, 5.74) is 0.431. The molecule has 0 aliphatic carbocycles. The molecule has 6 rings (SSSR count). The molecule has 2 saturated heterocycles. The normalized spacial score (nSPS) is 23.2. The van der Waals surface area contributed by atoms with Gasteiger partial charge in [0.25, 0.3) is 11.6 Å². The molecule has 3 amide bonds. The van der Waals surface area contributed by atoms with Crippen LogP contribution in [0.4, 0.5) is 21.9 Å². The van der Waals surface area contributed by atoms with Crippen molar-refractivity contribution < 1.29 is 38.7 Å². The van der Waals surface area contributed by atoms with Crippen LogP contribution < -0.4 is 9.80 Å². The Bertz CT molecular complexity index is 1770. The van der Waals surface area contributed by atoms with Crippen molar-refractivity contribution in [2.24, 2.45) is 5.92 Å². The highest BCUT2D eigenvalue weighted by atomic mass is 28.4. The van der Waals surface area contributed by atoms with Gasteiger partial charge in [-0.05, 0) is 42.4 Å². The Balaban J connectivity index is 1.37. The largest absolute Gasteiger partial charge is 0.447 e. The van der Waals surface area contributed by atoms with E-state index < -0.39 is 48.4 Å². The van der Waals surface area contributed by atoms with Crippen LogP contribution in [0.5, 0.6) is 0 Å². The minimum absolute atomic E-state index is 0.0771. The van der Waals surface area contributed by atoms with Gasteiger partial charge >= 0.3 is 6.09 Å². The number of cyclic esters (lactones) is 1. The molecule has 3 heterocycles. The molecule has 0 saturated carbocycles. The minimum atomic E-state index is -3.15. The van der Waals surface area contributed by atoms with E-state index in [2.05, 4.69) is 0 Å². The van der Waals surface area contributed by atoms with Gasteiger partial charge in [0.2, 0.25) is 5.91 Å². The second-order valence-electron chi connectivity index (χ2n) is 13.4. The molecular formula is C35H40N4O9Si. The van der Waals surface area contributed by atoms with Gasteiger partial charge in [-0.3, -0.25) is 24.6 Å². The maximum absolute atomic E-state index is 14.8. The van der Waals surface area contributed by atoms with Gasteiger partial charge in [-0.1, -0.05) is 49.4 Å². The fourth-order valence-corrected chi connectivity index (χ4v) is 10.2. The summed E-state index contributed by atoms with van der Waals surface area (Å²) in [5, 5.41) is 21.8. The fourth-order valence-electron chi connectivity index (χ4n) is 7.69. The SMILES string of the molecule is C[C@H]1[C@H]([Si](C)(C)O)[C@@H](CC(=O)N(CCO)Cc2ccccc2)O[C@]12C(=O)N(Cc1cccc(N3CCOC3=O)c1)c1ccc([N+](=O)[O-])cc12. The van der Waals surface area contributed by atoms with Gasteiger partial charge in [0.15, 0.2) is 13.9 Å². The predicted octanol–water partition coefficient (Wildman–Crippen LogP) is 4.31. The molecule has 3 aromatic rings. The lowest BCUT2D eigenvalue weighted by Gasteiger charge is -2.32. The molecule has 13 nitrogen and oxygen atoms in total. The third-order valence-electron chi connectivity index (χ3n) is 9.82. The number of benzene rings is 3. The van der Waals surface area contributed by atoms with Crippen molar-refractivity contribution in [1.29, 1.82) is 0 Å². The van der Waals surface area contributed by atoms with E-state index in [-0.39, 0.29) is 50.9 Å². The summed E-state index contributed by atoms with van der Waals surface area (Å²) >= 11 is 0. The van der Waals surface area contributed by atoms with Crippen molar-refractivity contribution in [1.82, 2.24) is 4.90 Å². The highest BCUT2D eigenvalue weighted by molar-refractivity contribution is 6.71. The molecule has 2 N–H and O–H groups in total. The number of non-ortho nitro benzene ring substituents is 1. The summed E-state index contributed by atoms with van der Waals surface area (Å²) in [6, 6.07) is 20.8. The molecule has 3 aromatic carbocycles. The Morgan fingerprint density at radius 1 is 1.08 bits per heavy atom. The first kappa shape index (κ1) is 34.2. The van der Waals surface area contributed by atoms with Crippen LogP contribution in [0, 0.1) is 16.0 Å². The van der Waals surface area contributed by atoms with Gasteiger partial charge in [-0.15, -0.1) is 0 Å². The van der Waals surface area contributed by atoms with Gasteiger partial charge in [-0.25, -0.2) is 4.79 Å². The van der Waals surface area contributed by atoms with Gasteiger partial charge in [-0.2, -0.15) is 0 Å². The second-order valence-corrected chi connectivity index (χ2v) is 17.3. The zero-order valence-electron chi connectivity index (χ0n) is 27.7. The molecule has 0 aromatic heterocycles. The lowest BCUT2D eigenvalue weighted by molar-refractivity contribution is -0.385. The van der Waals surface area contributed by atoms with Crippen molar-refractivity contribution in [3.63, 3.8) is 0 Å². The highest BCUT2D eigenvalue weighted by Gasteiger charge is 2.66. The number of aliphatic hydroxyl groups is 1. The Labute approximate surface area is 284 Å². The molecule has 3 aliphatic rings. The van der Waals surface area contributed by atoms with Crippen molar-refractivity contribution >= 4 is 43.3 Å². The first-order valence-corrected chi connectivity index (χ1v) is 19.3. The predicted molar refractivity (Wildman–Crippen MR) is 182 cm³/mol. The monoisotopic (exact) mass is 688 g/mol. The van der Waals surface area contributed by atoms with Crippen LogP contribution in [0.15, 0.2) is 72.8 Å². The Hall–Kier alpha value is -4.63. The van der Waals surface area contributed by atoms with E-state index in [1.807, 2.05) is 36.4 Å². The number of nitro groups is 1. The topological polar surface area (TPSA) is 163 Å². The van der Waals surface area contributed by atoms with E-state index in [0.717, 1.165) is 5.56 Å². The maximum Gasteiger partial charge on any atom is 0.414 e. The highest BCUT2D eigenvalue weighted by Crippen LogP contribution is 2.60. The van der Waals surface area contributed by atoms with Gasteiger partial charge in [0.05, 0.1) is 42.8 Å². The fraction of sp³-hybridized carbons (Fsp3) is 0.400. The number of aliphatic hydroxyl groups excluding tert-OH is 1. The van der Waals surface area contributed by atoms with Crippen LogP contribution in [-0.4, -0.2) is 78.4 Å². The van der Waals surface area contributed by atoms with E-state index in [4.69, 9.17) is 9.47 Å². The summed E-state index contributed by atoms with van der Waals surface area (Å²) in [4.78, 5) is 68.6. The van der Waals surface area contributed by atoms with Crippen LogP contribution >= 0.6 is 0 Å². The molecular weight excluding hydrogens is 648 g/mol. The number of nitrogens with zero attached hydrogens (tertiary/aromatic N) is 4. The van der Waals surface area contributed by atoms with Crippen LogP contribution in [0.3, 0.4) is 0 Å². The van der Waals surface area contributed by atoms with Crippen molar-refractivity contribution in [2.45, 2.75) is 56.8 Å². The Morgan fingerprint density at radius 3 is 2.47 bits per heavy atom. The van der Waals surface area contributed by atoms with Crippen molar-refractivity contribution in [3.8, 4) is 0 Å². The number of hydrogen-bond donors (Lipinski definition) is 2. The summed E-state index contributed by atoms with van der Waals surface area (Å²) in [5.74, 6) is -1.41. The first-order valence-electron chi connectivity index (χ1n) is 16.3. The molecule has 3 aliphatic heterocycles. The lowest BCUT2D eigenvalue weighted by Crippen LogP contribution is -2.46. The third-order valence-corrected chi connectivity index (χ3v) is 12.3. The second kappa shape index (κ2) is 13.3. The van der Waals surface area contributed by atoms with Crippen molar-refractivity contribution in [2.75, 3.05) is 36.1 Å². The molecule has 0 bridgehead atoms. The molecule has 14 heteroatoms. The molecule has 1 spiro atoms. The van der Waals surface area contributed by atoms with E-state index in [1.165, 1.54) is 32.9 Å². The first-order chi connectivity index (χ1) is 23.3. The number of anilines is 2. The number of fused-ring (bicyclic) bond motifs is 2. The molecule has 0 unspecified atom stereocenters. The number of amides is 3. The van der Waals surface area contributed by atoms with Crippen LogP contribution in [0.1, 0.15) is 30.0 Å². The number of ether oxygens (including phenoxy) is 2. The molecule has 49 heavy (non-hydrogen) atoms. The van der Waals surface area contributed by atoms with Crippen molar-refractivity contribution in [3.05, 3.63) is 99.6 Å². The Morgan fingerprint density at radius 2 is 1.82 bits per heavy atom. The summed E-state index contributed by atoms with van der Waals surface area (Å²) in [7, 11) is -3.15. The number of hydrogen-bond acceptors (Lipinski definition) is 9. The zero-order valence-corrected chi connectivity index (χ0v) is 28.7. The molecule has 0 radical (unpaired) electrons. The van der Waals surface area contributed by atoms with Gasteiger partial charge in [0, 0.05) is 47.9 Å². The average molecular weight is 689 g/mol. The average Bonchev–Trinajstić information content (AvgIpc) is 3.70. The summed E-state index contributed by atoms with van der Waals surface area (Å²) in [6.07, 6.45) is -1.50. The van der Waals surface area contributed by atoms with Gasteiger partial charge in [0.1, 0.15) is 6.61 Å². The summed E-state index contributed by atoms with van der Waals surface area (Å²) in [6.45, 7) is 6.13. The van der Waals surface area contributed by atoms with Crippen LogP contribution in [0.25, 0.3) is 0 Å². The third kappa shape index (κ3) is 6.32. The van der Waals surface area contributed by atoms with E-state index in [9.17, 15) is 34.4 Å². The molecule has 2 fully saturated rings. The molecule has 258 valence electrons. The minimum Gasteiger partial charge on any atom is -0.447 e. The van der Waals surface area contributed by atoms with Crippen LogP contribution in [-0.2, 0) is 37.8 Å². The van der Waals surface area contributed by atoms with E-state index in [0.29, 0.717) is 29.0 Å². The molecule has 4 atom stereocenters. The Kier molecular flexibility index (Phi) is 9.33. The standard InChI is InChI=1S/C35H40N4O9Si/c1-23-32(49(2,3)46)30(20-31(41)36(14-16-40)21-24-8-5-4-6-9-24)48-35(23)28-19-27(39(44)45)12-13-29(28)38(33(35)42)22-25-10-7-11-26(18-25)37-15-17-47-34(37)43/h4-13,18-19,23,30,32,40,46H,14-17,20-22H2,1-3H3/t23-,30+,32-,35+/m0/s1.